The van der Waals surface area contributed by atoms with E-state index in [2.05, 4.69) is 10.2 Å². The van der Waals surface area contributed by atoms with Crippen molar-refractivity contribution in [2.45, 2.75) is 0 Å². The Morgan fingerprint density at radius 1 is 1.00 bits per heavy atom. The quantitative estimate of drug-likeness (QED) is 0.797. The monoisotopic (exact) mass is 309 g/mol. The van der Waals surface area contributed by atoms with Crippen molar-refractivity contribution in [3.63, 3.8) is 0 Å². The maximum Gasteiger partial charge on any atom is 0.335 e. The SMILES string of the molecule is CN(C)c1cccc(-c2nnc(-c3ccc(C(=O)O)cc3)o2)c1. The number of benzene rings is 2. The molecule has 0 atom stereocenters. The Labute approximate surface area is 133 Å². The van der Waals surface area contributed by atoms with Crippen molar-refractivity contribution in [2.75, 3.05) is 19.0 Å². The van der Waals surface area contributed by atoms with Crippen molar-refractivity contribution < 1.29 is 14.3 Å². The van der Waals surface area contributed by atoms with Gasteiger partial charge in [0.2, 0.25) is 11.8 Å². The van der Waals surface area contributed by atoms with Crippen LogP contribution in [0, 0.1) is 0 Å². The van der Waals surface area contributed by atoms with Crippen LogP contribution in [-0.4, -0.2) is 35.4 Å². The van der Waals surface area contributed by atoms with Gasteiger partial charge in [0.15, 0.2) is 0 Å². The Morgan fingerprint density at radius 2 is 1.65 bits per heavy atom. The topological polar surface area (TPSA) is 79.5 Å². The van der Waals surface area contributed by atoms with Gasteiger partial charge in [0.1, 0.15) is 0 Å². The molecule has 0 saturated heterocycles. The zero-order valence-corrected chi connectivity index (χ0v) is 12.7. The lowest BCUT2D eigenvalue weighted by molar-refractivity contribution is 0.0697. The summed E-state index contributed by atoms with van der Waals surface area (Å²) in [5, 5.41) is 17.0. The van der Waals surface area contributed by atoms with E-state index in [9.17, 15) is 4.79 Å². The number of carboxylic acids is 1. The first-order valence-electron chi connectivity index (χ1n) is 6.99. The zero-order valence-electron chi connectivity index (χ0n) is 12.7. The molecule has 0 aliphatic carbocycles. The smallest absolute Gasteiger partial charge is 0.335 e. The molecule has 6 heteroatoms. The lowest BCUT2D eigenvalue weighted by Gasteiger charge is -2.12. The minimum atomic E-state index is -0.969. The first kappa shape index (κ1) is 14.8. The normalized spacial score (nSPS) is 10.5. The van der Waals surface area contributed by atoms with E-state index < -0.39 is 5.97 Å². The van der Waals surface area contributed by atoms with Gasteiger partial charge in [0.25, 0.3) is 0 Å². The zero-order chi connectivity index (χ0) is 16.4. The van der Waals surface area contributed by atoms with Crippen molar-refractivity contribution in [1.29, 1.82) is 0 Å². The fourth-order valence-electron chi connectivity index (χ4n) is 2.13. The first-order valence-corrected chi connectivity index (χ1v) is 6.99. The summed E-state index contributed by atoms with van der Waals surface area (Å²) in [6, 6.07) is 14.1. The molecule has 3 rings (SSSR count). The van der Waals surface area contributed by atoms with Gasteiger partial charge in [-0.2, -0.15) is 0 Å². The number of rotatable bonds is 4. The van der Waals surface area contributed by atoms with Crippen LogP contribution in [0.2, 0.25) is 0 Å². The molecule has 116 valence electrons. The Hall–Kier alpha value is -3.15. The second kappa shape index (κ2) is 5.92. The summed E-state index contributed by atoms with van der Waals surface area (Å²) in [6.45, 7) is 0. The van der Waals surface area contributed by atoms with E-state index >= 15 is 0 Å². The number of carboxylic acid groups (broad SMARTS) is 1. The first-order chi connectivity index (χ1) is 11.0. The van der Waals surface area contributed by atoms with Gasteiger partial charge < -0.3 is 14.4 Å². The highest BCUT2D eigenvalue weighted by Crippen LogP contribution is 2.26. The summed E-state index contributed by atoms with van der Waals surface area (Å²) in [5.74, 6) is -0.193. The van der Waals surface area contributed by atoms with Crippen molar-refractivity contribution >= 4 is 11.7 Å². The van der Waals surface area contributed by atoms with Gasteiger partial charge in [0, 0.05) is 30.9 Å². The predicted molar refractivity (Wildman–Crippen MR) is 86.5 cm³/mol. The molecule has 1 heterocycles. The predicted octanol–water partition coefficient (Wildman–Crippen LogP) is 3.17. The second-order valence-electron chi connectivity index (χ2n) is 5.24. The van der Waals surface area contributed by atoms with Gasteiger partial charge in [-0.3, -0.25) is 0 Å². The maximum absolute atomic E-state index is 10.9. The third kappa shape index (κ3) is 3.06. The minimum absolute atomic E-state index is 0.215. The Bertz CT molecular complexity index is 838. The van der Waals surface area contributed by atoms with Crippen LogP contribution in [0.3, 0.4) is 0 Å². The summed E-state index contributed by atoms with van der Waals surface area (Å²) in [6.07, 6.45) is 0. The van der Waals surface area contributed by atoms with E-state index in [1.165, 1.54) is 12.1 Å². The van der Waals surface area contributed by atoms with E-state index in [4.69, 9.17) is 9.52 Å². The molecule has 0 aliphatic heterocycles. The molecule has 3 aromatic rings. The highest BCUT2D eigenvalue weighted by molar-refractivity contribution is 5.88. The van der Waals surface area contributed by atoms with E-state index in [0.717, 1.165) is 11.3 Å². The summed E-state index contributed by atoms with van der Waals surface area (Å²) in [7, 11) is 3.92. The molecule has 0 radical (unpaired) electrons. The van der Waals surface area contributed by atoms with Crippen LogP contribution in [0.1, 0.15) is 10.4 Å². The van der Waals surface area contributed by atoms with Gasteiger partial charge in [-0.25, -0.2) is 4.79 Å². The molecule has 1 aromatic heterocycles. The summed E-state index contributed by atoms with van der Waals surface area (Å²) < 4.78 is 5.70. The van der Waals surface area contributed by atoms with Gasteiger partial charge in [-0.1, -0.05) is 6.07 Å². The number of hydrogen-bond donors (Lipinski definition) is 1. The van der Waals surface area contributed by atoms with Crippen LogP contribution >= 0.6 is 0 Å². The fraction of sp³-hybridized carbons (Fsp3) is 0.118. The molecular formula is C17H15N3O3. The van der Waals surface area contributed by atoms with Gasteiger partial charge in [-0.05, 0) is 42.5 Å². The maximum atomic E-state index is 10.9. The third-order valence-corrected chi connectivity index (χ3v) is 3.41. The van der Waals surface area contributed by atoms with E-state index in [-0.39, 0.29) is 5.56 Å². The highest BCUT2D eigenvalue weighted by Gasteiger charge is 2.12. The highest BCUT2D eigenvalue weighted by atomic mass is 16.4. The summed E-state index contributed by atoms with van der Waals surface area (Å²) in [4.78, 5) is 12.9. The number of aromatic nitrogens is 2. The fourth-order valence-corrected chi connectivity index (χ4v) is 2.13. The van der Waals surface area contributed by atoms with Crippen molar-refractivity contribution in [3.05, 3.63) is 54.1 Å². The molecule has 0 aliphatic rings. The van der Waals surface area contributed by atoms with Crippen molar-refractivity contribution in [2.24, 2.45) is 0 Å². The molecule has 0 spiro atoms. The van der Waals surface area contributed by atoms with E-state index in [1.807, 2.05) is 43.3 Å². The molecule has 23 heavy (non-hydrogen) atoms. The largest absolute Gasteiger partial charge is 0.478 e. The molecule has 6 nitrogen and oxygen atoms in total. The third-order valence-electron chi connectivity index (χ3n) is 3.41. The van der Waals surface area contributed by atoms with Gasteiger partial charge in [-0.15, -0.1) is 10.2 Å². The number of aromatic carboxylic acids is 1. The number of nitrogens with zero attached hydrogens (tertiary/aromatic N) is 3. The van der Waals surface area contributed by atoms with Gasteiger partial charge >= 0.3 is 5.97 Å². The number of hydrogen-bond acceptors (Lipinski definition) is 5. The van der Waals surface area contributed by atoms with E-state index in [0.29, 0.717) is 17.3 Å². The molecule has 0 fully saturated rings. The summed E-state index contributed by atoms with van der Waals surface area (Å²) >= 11 is 0. The van der Waals surface area contributed by atoms with E-state index in [1.54, 1.807) is 12.1 Å². The average molecular weight is 309 g/mol. The van der Waals surface area contributed by atoms with Crippen LogP contribution < -0.4 is 4.90 Å². The van der Waals surface area contributed by atoms with Crippen LogP contribution in [0.4, 0.5) is 5.69 Å². The Morgan fingerprint density at radius 3 is 2.26 bits per heavy atom. The lowest BCUT2D eigenvalue weighted by atomic mass is 10.1. The summed E-state index contributed by atoms with van der Waals surface area (Å²) in [5.41, 5.74) is 2.76. The molecule has 0 amide bonds. The average Bonchev–Trinajstić information content (AvgIpc) is 3.05. The lowest BCUT2D eigenvalue weighted by Crippen LogP contribution is -2.08. The molecule has 0 saturated carbocycles. The molecular weight excluding hydrogens is 294 g/mol. The Balaban J connectivity index is 1.91. The van der Waals surface area contributed by atoms with Gasteiger partial charge in [0.05, 0.1) is 5.56 Å². The van der Waals surface area contributed by atoms with Crippen molar-refractivity contribution in [1.82, 2.24) is 10.2 Å². The molecule has 1 N–H and O–H groups in total. The number of anilines is 1. The van der Waals surface area contributed by atoms with Crippen LogP contribution in [0.5, 0.6) is 0 Å². The number of carbonyl (C=O) groups is 1. The minimum Gasteiger partial charge on any atom is -0.478 e. The van der Waals surface area contributed by atoms with Crippen LogP contribution in [0.25, 0.3) is 22.9 Å². The molecule has 0 unspecified atom stereocenters. The standard InChI is InChI=1S/C17H15N3O3/c1-20(2)14-5-3-4-13(10-14)16-19-18-15(23-16)11-6-8-12(9-7-11)17(21)22/h3-10H,1-2H3,(H,21,22). The second-order valence-corrected chi connectivity index (χ2v) is 5.24. The van der Waals surface area contributed by atoms with Crippen LogP contribution in [0.15, 0.2) is 52.9 Å². The molecule has 2 aromatic carbocycles. The Kier molecular flexibility index (Phi) is 3.80. The van der Waals surface area contributed by atoms with Crippen LogP contribution in [-0.2, 0) is 0 Å². The molecule has 0 bridgehead atoms. The van der Waals surface area contributed by atoms with Crippen molar-refractivity contribution in [3.8, 4) is 22.9 Å².